The van der Waals surface area contributed by atoms with Gasteiger partial charge in [-0.25, -0.2) is 4.68 Å². The topological polar surface area (TPSA) is 72.7 Å². The number of amides is 1. The van der Waals surface area contributed by atoms with Gasteiger partial charge in [-0.1, -0.05) is 48.0 Å². The predicted octanol–water partition coefficient (Wildman–Crippen LogP) is 2.75. The number of nitrogens with one attached hydrogen (secondary N) is 1. The van der Waals surface area contributed by atoms with E-state index in [0.29, 0.717) is 17.1 Å². The number of nitrogens with zero attached hydrogens (tertiary/aromatic N) is 4. The third kappa shape index (κ3) is 3.92. The molecule has 0 saturated carbocycles. The molecular weight excluding hydrogens is 314 g/mol. The lowest BCUT2D eigenvalue weighted by Crippen LogP contribution is -2.28. The molecule has 1 N–H and O–H groups in total. The predicted molar refractivity (Wildman–Crippen MR) is 87.1 cm³/mol. The first-order chi connectivity index (χ1) is 11.2. The number of aromatic nitrogens is 4. The minimum Gasteiger partial charge on any atom is -0.324 e. The zero-order valence-corrected chi connectivity index (χ0v) is 12.9. The molecule has 0 aliphatic rings. The Morgan fingerprint density at radius 2 is 2.00 bits per heavy atom. The molecule has 1 atom stereocenters. The molecular formula is C16H14ClN5O. The molecule has 0 spiro atoms. The molecule has 2 aromatic carbocycles. The molecule has 23 heavy (non-hydrogen) atoms. The first-order valence-corrected chi connectivity index (χ1v) is 7.43. The van der Waals surface area contributed by atoms with Gasteiger partial charge in [-0.05, 0) is 34.2 Å². The SMILES string of the molecule is O=C(Nc1cccc(Cl)c1)[C@H](Cc1ccccc1)n1cnnn1. The molecule has 0 saturated heterocycles. The smallest absolute Gasteiger partial charge is 0.249 e. The Hall–Kier alpha value is -2.73. The van der Waals surface area contributed by atoms with Crippen LogP contribution in [0.1, 0.15) is 11.6 Å². The maximum atomic E-state index is 12.7. The molecule has 3 rings (SSSR count). The monoisotopic (exact) mass is 327 g/mol. The van der Waals surface area contributed by atoms with Crippen molar-refractivity contribution in [1.29, 1.82) is 0 Å². The number of carbonyl (C=O) groups is 1. The zero-order chi connectivity index (χ0) is 16.1. The van der Waals surface area contributed by atoms with Gasteiger partial charge in [-0.15, -0.1) is 5.10 Å². The van der Waals surface area contributed by atoms with Crippen molar-refractivity contribution in [3.63, 3.8) is 0 Å². The Morgan fingerprint density at radius 3 is 2.70 bits per heavy atom. The quantitative estimate of drug-likeness (QED) is 0.782. The first-order valence-electron chi connectivity index (χ1n) is 7.05. The Labute approximate surface area is 138 Å². The second-order valence-electron chi connectivity index (χ2n) is 4.99. The molecule has 116 valence electrons. The summed E-state index contributed by atoms with van der Waals surface area (Å²) in [5.74, 6) is -0.205. The second kappa shape index (κ2) is 7.02. The average Bonchev–Trinajstić information content (AvgIpc) is 3.07. The van der Waals surface area contributed by atoms with Crippen LogP contribution in [0.25, 0.3) is 0 Å². The van der Waals surface area contributed by atoms with Gasteiger partial charge in [0.25, 0.3) is 0 Å². The van der Waals surface area contributed by atoms with E-state index in [0.717, 1.165) is 5.56 Å². The van der Waals surface area contributed by atoms with E-state index in [1.54, 1.807) is 24.3 Å². The highest BCUT2D eigenvalue weighted by Gasteiger charge is 2.22. The maximum absolute atomic E-state index is 12.7. The van der Waals surface area contributed by atoms with E-state index in [4.69, 9.17) is 11.6 Å². The van der Waals surface area contributed by atoms with Crippen LogP contribution in [0.4, 0.5) is 5.69 Å². The number of anilines is 1. The molecule has 0 aliphatic heterocycles. The second-order valence-corrected chi connectivity index (χ2v) is 5.43. The summed E-state index contributed by atoms with van der Waals surface area (Å²) < 4.78 is 1.45. The van der Waals surface area contributed by atoms with Crippen molar-refractivity contribution in [3.05, 3.63) is 71.5 Å². The maximum Gasteiger partial charge on any atom is 0.249 e. The van der Waals surface area contributed by atoms with E-state index in [2.05, 4.69) is 20.8 Å². The van der Waals surface area contributed by atoms with Gasteiger partial charge in [0, 0.05) is 17.1 Å². The van der Waals surface area contributed by atoms with Gasteiger partial charge >= 0.3 is 0 Å². The van der Waals surface area contributed by atoms with Gasteiger partial charge in [-0.3, -0.25) is 4.79 Å². The van der Waals surface area contributed by atoms with Crippen molar-refractivity contribution >= 4 is 23.2 Å². The Kier molecular flexibility index (Phi) is 4.63. The van der Waals surface area contributed by atoms with Gasteiger partial charge in [-0.2, -0.15) is 0 Å². The van der Waals surface area contributed by atoms with Crippen LogP contribution in [0.2, 0.25) is 5.02 Å². The van der Waals surface area contributed by atoms with Crippen LogP contribution < -0.4 is 5.32 Å². The van der Waals surface area contributed by atoms with E-state index < -0.39 is 6.04 Å². The number of rotatable bonds is 5. The summed E-state index contributed by atoms with van der Waals surface area (Å²) in [6.07, 6.45) is 1.92. The Bertz CT molecular complexity index is 776. The van der Waals surface area contributed by atoms with Gasteiger partial charge in [0.15, 0.2) is 0 Å². The van der Waals surface area contributed by atoms with Crippen molar-refractivity contribution in [2.45, 2.75) is 12.5 Å². The van der Waals surface area contributed by atoms with Gasteiger partial charge in [0.2, 0.25) is 5.91 Å². The molecule has 3 aromatic rings. The van der Waals surface area contributed by atoms with Crippen molar-refractivity contribution in [2.24, 2.45) is 0 Å². The number of hydrogen-bond acceptors (Lipinski definition) is 4. The highest BCUT2D eigenvalue weighted by molar-refractivity contribution is 6.30. The summed E-state index contributed by atoms with van der Waals surface area (Å²) in [5.41, 5.74) is 1.66. The Morgan fingerprint density at radius 1 is 1.17 bits per heavy atom. The number of tetrazole rings is 1. The van der Waals surface area contributed by atoms with Crippen LogP contribution in [0.5, 0.6) is 0 Å². The van der Waals surface area contributed by atoms with E-state index in [1.165, 1.54) is 11.0 Å². The molecule has 0 fully saturated rings. The molecule has 0 aliphatic carbocycles. The highest BCUT2D eigenvalue weighted by atomic mass is 35.5. The fourth-order valence-corrected chi connectivity index (χ4v) is 2.44. The molecule has 1 heterocycles. The number of hydrogen-bond donors (Lipinski definition) is 1. The van der Waals surface area contributed by atoms with Crippen molar-refractivity contribution in [2.75, 3.05) is 5.32 Å². The van der Waals surface area contributed by atoms with E-state index in [1.807, 2.05) is 30.3 Å². The lowest BCUT2D eigenvalue weighted by Gasteiger charge is -2.16. The first kappa shape index (κ1) is 15.2. The fourth-order valence-electron chi connectivity index (χ4n) is 2.25. The van der Waals surface area contributed by atoms with Crippen LogP contribution in [0, 0.1) is 0 Å². The summed E-state index contributed by atoms with van der Waals surface area (Å²) in [5, 5.41) is 14.5. The summed E-state index contributed by atoms with van der Waals surface area (Å²) in [4.78, 5) is 12.7. The van der Waals surface area contributed by atoms with Crippen molar-refractivity contribution in [3.8, 4) is 0 Å². The van der Waals surface area contributed by atoms with Gasteiger partial charge in [0.1, 0.15) is 12.4 Å². The zero-order valence-electron chi connectivity index (χ0n) is 12.1. The number of benzene rings is 2. The third-order valence-corrected chi connectivity index (χ3v) is 3.59. The summed E-state index contributed by atoms with van der Waals surface area (Å²) >= 11 is 5.95. The minimum absolute atomic E-state index is 0.205. The molecule has 1 amide bonds. The lowest BCUT2D eigenvalue weighted by atomic mass is 10.1. The van der Waals surface area contributed by atoms with Crippen LogP contribution in [-0.2, 0) is 11.2 Å². The fraction of sp³-hybridized carbons (Fsp3) is 0.125. The van der Waals surface area contributed by atoms with Crippen molar-refractivity contribution in [1.82, 2.24) is 20.2 Å². The average molecular weight is 328 g/mol. The molecule has 7 heteroatoms. The normalized spacial score (nSPS) is 11.9. The van der Waals surface area contributed by atoms with E-state index >= 15 is 0 Å². The van der Waals surface area contributed by atoms with Crippen molar-refractivity contribution < 1.29 is 4.79 Å². The standard InChI is InChI=1S/C16H14ClN5O/c17-13-7-4-8-14(10-13)19-16(23)15(22-11-18-20-21-22)9-12-5-2-1-3-6-12/h1-8,10-11,15H,9H2,(H,19,23)/t15-/m0/s1. The van der Waals surface area contributed by atoms with Gasteiger partial charge in [0.05, 0.1) is 0 Å². The summed E-state index contributed by atoms with van der Waals surface area (Å²) in [6, 6.07) is 16.2. The molecule has 0 bridgehead atoms. The minimum atomic E-state index is -0.550. The number of carbonyl (C=O) groups excluding carboxylic acids is 1. The highest BCUT2D eigenvalue weighted by Crippen LogP contribution is 2.19. The molecule has 6 nitrogen and oxygen atoms in total. The Balaban J connectivity index is 1.82. The van der Waals surface area contributed by atoms with Gasteiger partial charge < -0.3 is 5.32 Å². The third-order valence-electron chi connectivity index (χ3n) is 3.35. The lowest BCUT2D eigenvalue weighted by molar-refractivity contribution is -0.119. The largest absolute Gasteiger partial charge is 0.324 e. The summed E-state index contributed by atoms with van der Waals surface area (Å²) in [6.45, 7) is 0. The van der Waals surface area contributed by atoms with Crippen LogP contribution in [0.3, 0.4) is 0 Å². The summed E-state index contributed by atoms with van der Waals surface area (Å²) in [7, 11) is 0. The number of halogens is 1. The van der Waals surface area contributed by atoms with E-state index in [-0.39, 0.29) is 5.91 Å². The van der Waals surface area contributed by atoms with E-state index in [9.17, 15) is 4.79 Å². The molecule has 0 unspecified atom stereocenters. The van der Waals surface area contributed by atoms with Crippen LogP contribution in [0.15, 0.2) is 60.9 Å². The van der Waals surface area contributed by atoms with Crippen LogP contribution >= 0.6 is 11.6 Å². The van der Waals surface area contributed by atoms with Crippen LogP contribution in [-0.4, -0.2) is 26.1 Å². The molecule has 1 aromatic heterocycles. The molecule has 0 radical (unpaired) electrons.